The number of hydrogen-bond acceptors (Lipinski definition) is 3. The molecule has 0 aliphatic rings. The Bertz CT molecular complexity index is 894. The molecule has 1 amide bonds. The molecule has 0 fully saturated rings. The minimum Gasteiger partial charge on any atom is -0.321 e. The number of benzene rings is 2. The summed E-state index contributed by atoms with van der Waals surface area (Å²) in [5, 5.41) is 2.90. The van der Waals surface area contributed by atoms with Crippen molar-refractivity contribution in [3.05, 3.63) is 59.2 Å². The van der Waals surface area contributed by atoms with E-state index in [4.69, 9.17) is 0 Å². The smallest absolute Gasteiger partial charge is 0.321 e. The van der Waals surface area contributed by atoms with Crippen molar-refractivity contribution in [1.82, 2.24) is 0 Å². The highest BCUT2D eigenvalue weighted by atomic mass is 32.2. The van der Waals surface area contributed by atoms with Crippen molar-refractivity contribution < 1.29 is 22.0 Å². The van der Waals surface area contributed by atoms with Crippen LogP contribution in [0, 0.1) is 0 Å². The van der Waals surface area contributed by atoms with Crippen molar-refractivity contribution >= 4 is 21.4 Å². The van der Waals surface area contributed by atoms with Crippen molar-refractivity contribution in [3.8, 4) is 0 Å². The Morgan fingerprint density at radius 1 is 0.889 bits per heavy atom. The summed E-state index contributed by atoms with van der Waals surface area (Å²) in [5.41, 5.74) is 2.91. The number of amides is 1. The summed E-state index contributed by atoms with van der Waals surface area (Å²) in [4.78, 5) is 12.1. The maximum Gasteiger partial charge on any atom is 0.341 e. The lowest BCUT2D eigenvalue weighted by molar-refractivity contribution is 0.102. The number of rotatable bonds is 6. The Hall–Kier alpha value is -2.28. The number of carbonyl (C=O) groups excluding carboxylic acids is 1. The van der Waals surface area contributed by atoms with E-state index in [0.717, 1.165) is 28.9 Å². The summed E-state index contributed by atoms with van der Waals surface area (Å²) >= 11 is 0. The normalized spacial score (nSPS) is 12.0. The van der Waals surface area contributed by atoms with Gasteiger partial charge in [0, 0.05) is 11.3 Å². The molecule has 0 spiro atoms. The maximum absolute atomic E-state index is 12.6. The van der Waals surface area contributed by atoms with E-state index in [2.05, 4.69) is 5.32 Å². The van der Waals surface area contributed by atoms with Crippen LogP contribution in [0.3, 0.4) is 0 Å². The van der Waals surface area contributed by atoms with E-state index in [1.165, 1.54) is 12.1 Å². The van der Waals surface area contributed by atoms with Gasteiger partial charge < -0.3 is 5.32 Å². The molecular weight excluding hydrogens is 372 g/mol. The van der Waals surface area contributed by atoms with Crippen molar-refractivity contribution in [2.45, 2.75) is 50.2 Å². The average molecular weight is 395 g/mol. The number of halogens is 2. The number of anilines is 1. The maximum atomic E-state index is 12.6. The van der Waals surface area contributed by atoms with Gasteiger partial charge in [0.15, 0.2) is 0 Å². The molecule has 2 rings (SSSR count). The Labute approximate surface area is 158 Å². The Balaban J connectivity index is 2.36. The first-order valence-corrected chi connectivity index (χ1v) is 10.2. The summed E-state index contributed by atoms with van der Waals surface area (Å²) in [7, 11) is -4.68. The zero-order valence-corrected chi connectivity index (χ0v) is 16.5. The molecule has 2 aromatic rings. The fraction of sp³-hybridized carbons (Fsp3) is 0.350. The van der Waals surface area contributed by atoms with Gasteiger partial charge in [-0.05, 0) is 47.2 Å². The molecule has 0 aliphatic heterocycles. The third-order valence-electron chi connectivity index (χ3n) is 4.29. The number of alkyl halides is 2. The molecule has 0 heterocycles. The van der Waals surface area contributed by atoms with Gasteiger partial charge in [0.05, 0.1) is 4.90 Å². The topological polar surface area (TPSA) is 63.2 Å². The molecule has 1 N–H and O–H groups in total. The number of hydrogen-bond donors (Lipinski definition) is 1. The van der Waals surface area contributed by atoms with Crippen LogP contribution in [-0.4, -0.2) is 20.1 Å². The summed E-state index contributed by atoms with van der Waals surface area (Å²) in [6.07, 6.45) is 0. The second-order valence-electron chi connectivity index (χ2n) is 6.91. The lowest BCUT2D eigenvalue weighted by atomic mass is 9.92. The summed E-state index contributed by atoms with van der Waals surface area (Å²) < 4.78 is 48.2. The number of sulfone groups is 1. The zero-order valence-electron chi connectivity index (χ0n) is 15.7. The zero-order chi connectivity index (χ0) is 20.4. The van der Waals surface area contributed by atoms with Gasteiger partial charge >= 0.3 is 5.76 Å². The monoisotopic (exact) mass is 395 g/mol. The van der Waals surface area contributed by atoms with E-state index < -0.39 is 26.4 Å². The molecule has 0 atom stereocenters. The number of nitrogens with one attached hydrogen (secondary N) is 1. The fourth-order valence-electron chi connectivity index (χ4n) is 2.78. The molecule has 4 nitrogen and oxygen atoms in total. The average Bonchev–Trinajstić information content (AvgIpc) is 2.61. The SMILES string of the molecule is CC(C)c1cccc(C(C)C)c1NC(=O)c1ccc(S(=O)(=O)C(F)F)cc1. The molecule has 0 bridgehead atoms. The molecule has 0 saturated heterocycles. The standard InChI is InChI=1S/C20H23F2NO3S/c1-12(2)16-6-5-7-17(13(3)4)18(16)23-19(24)14-8-10-15(11-9-14)27(25,26)20(21)22/h5-13,20H,1-4H3,(H,23,24). The Morgan fingerprint density at radius 2 is 1.37 bits per heavy atom. The van der Waals surface area contributed by atoms with E-state index in [0.29, 0.717) is 0 Å². The molecule has 0 unspecified atom stereocenters. The third kappa shape index (κ3) is 4.53. The molecule has 0 radical (unpaired) electrons. The highest BCUT2D eigenvalue weighted by Crippen LogP contribution is 2.32. The van der Waals surface area contributed by atoms with Crippen molar-refractivity contribution in [2.24, 2.45) is 0 Å². The summed E-state index contributed by atoms with van der Waals surface area (Å²) in [6.45, 7) is 8.11. The summed E-state index contributed by atoms with van der Waals surface area (Å²) in [5.74, 6) is -3.54. The number of para-hydroxylation sites is 1. The fourth-order valence-corrected chi connectivity index (χ4v) is 3.50. The van der Waals surface area contributed by atoms with Crippen molar-refractivity contribution in [1.29, 1.82) is 0 Å². The first-order valence-electron chi connectivity index (χ1n) is 8.62. The minimum atomic E-state index is -4.68. The van der Waals surface area contributed by atoms with Crippen LogP contribution in [0.4, 0.5) is 14.5 Å². The Morgan fingerprint density at radius 3 is 1.78 bits per heavy atom. The van der Waals surface area contributed by atoms with Crippen LogP contribution in [0.2, 0.25) is 0 Å². The lowest BCUT2D eigenvalue weighted by Crippen LogP contribution is -2.16. The number of carbonyl (C=O) groups is 1. The molecule has 27 heavy (non-hydrogen) atoms. The van der Waals surface area contributed by atoms with Gasteiger partial charge in [-0.1, -0.05) is 45.9 Å². The second kappa shape index (κ2) is 8.17. The molecule has 7 heteroatoms. The van der Waals surface area contributed by atoms with Crippen LogP contribution in [-0.2, 0) is 9.84 Å². The highest BCUT2D eigenvalue weighted by molar-refractivity contribution is 7.91. The molecule has 0 saturated carbocycles. The van der Waals surface area contributed by atoms with E-state index in [1.807, 2.05) is 45.9 Å². The van der Waals surface area contributed by atoms with E-state index in [1.54, 1.807) is 0 Å². The van der Waals surface area contributed by atoms with Crippen LogP contribution in [0.1, 0.15) is 61.0 Å². The molecule has 2 aromatic carbocycles. The second-order valence-corrected chi connectivity index (χ2v) is 8.82. The predicted molar refractivity (Wildman–Crippen MR) is 102 cm³/mol. The van der Waals surface area contributed by atoms with Gasteiger partial charge in [-0.15, -0.1) is 0 Å². The first kappa shape index (κ1) is 21.0. The molecule has 0 aromatic heterocycles. The largest absolute Gasteiger partial charge is 0.341 e. The van der Waals surface area contributed by atoms with Crippen LogP contribution in [0.25, 0.3) is 0 Å². The summed E-state index contributed by atoms with van der Waals surface area (Å²) in [6, 6.07) is 10.4. The van der Waals surface area contributed by atoms with E-state index in [-0.39, 0.29) is 17.4 Å². The van der Waals surface area contributed by atoms with Crippen LogP contribution in [0.15, 0.2) is 47.4 Å². The van der Waals surface area contributed by atoms with Gasteiger partial charge in [0.25, 0.3) is 5.91 Å². The molecule has 0 aliphatic carbocycles. The Kier molecular flexibility index (Phi) is 6.36. The van der Waals surface area contributed by atoms with Crippen LogP contribution < -0.4 is 5.32 Å². The van der Waals surface area contributed by atoms with E-state index >= 15 is 0 Å². The quantitative estimate of drug-likeness (QED) is 0.733. The third-order valence-corrected chi connectivity index (χ3v) is 5.69. The van der Waals surface area contributed by atoms with Gasteiger partial charge in [-0.25, -0.2) is 8.42 Å². The van der Waals surface area contributed by atoms with Gasteiger partial charge in [-0.2, -0.15) is 8.78 Å². The molecular formula is C20H23F2NO3S. The minimum absolute atomic E-state index is 0.191. The van der Waals surface area contributed by atoms with Gasteiger partial charge in [0.1, 0.15) is 0 Å². The predicted octanol–water partition coefficient (Wildman–Crippen LogP) is 5.18. The van der Waals surface area contributed by atoms with Crippen LogP contribution >= 0.6 is 0 Å². The molecule has 146 valence electrons. The lowest BCUT2D eigenvalue weighted by Gasteiger charge is -2.20. The van der Waals surface area contributed by atoms with E-state index in [9.17, 15) is 22.0 Å². The van der Waals surface area contributed by atoms with Crippen molar-refractivity contribution in [2.75, 3.05) is 5.32 Å². The highest BCUT2D eigenvalue weighted by Gasteiger charge is 2.26. The van der Waals surface area contributed by atoms with Gasteiger partial charge in [-0.3, -0.25) is 4.79 Å². The first-order chi connectivity index (χ1) is 12.6. The van der Waals surface area contributed by atoms with Gasteiger partial charge in [0.2, 0.25) is 9.84 Å². The van der Waals surface area contributed by atoms with Crippen LogP contribution in [0.5, 0.6) is 0 Å². The van der Waals surface area contributed by atoms with Crippen molar-refractivity contribution in [3.63, 3.8) is 0 Å².